The van der Waals surface area contributed by atoms with Crippen LogP contribution in [0.5, 0.6) is 0 Å². The van der Waals surface area contributed by atoms with Crippen molar-refractivity contribution in [1.29, 1.82) is 0 Å². The third kappa shape index (κ3) is 6.68. The number of aromatic nitrogens is 3. The van der Waals surface area contributed by atoms with Gasteiger partial charge in [0.1, 0.15) is 5.78 Å². The molecule has 0 amide bonds. The van der Waals surface area contributed by atoms with Crippen LogP contribution in [0, 0.1) is 6.92 Å². The summed E-state index contributed by atoms with van der Waals surface area (Å²) in [6.45, 7) is 5.01. The molecule has 7 heteroatoms. The first-order chi connectivity index (χ1) is 12.4. The molecule has 1 fully saturated rings. The molecule has 3 heterocycles. The summed E-state index contributed by atoms with van der Waals surface area (Å²) in [5, 5.41) is 19.2. The number of pyridine rings is 1. The summed E-state index contributed by atoms with van der Waals surface area (Å²) in [5.74, 6) is -0.267. The van der Waals surface area contributed by atoms with Crippen molar-refractivity contribution >= 4 is 11.8 Å². The fourth-order valence-corrected chi connectivity index (χ4v) is 2.75. The van der Waals surface area contributed by atoms with Crippen LogP contribution in [-0.4, -0.2) is 45.1 Å². The smallest absolute Gasteiger partial charge is 0.300 e. The molecule has 7 nitrogen and oxygen atoms in total. The third-order valence-electron chi connectivity index (χ3n) is 3.92. The Morgan fingerprint density at radius 3 is 2.46 bits per heavy atom. The predicted molar refractivity (Wildman–Crippen MR) is 97.0 cm³/mol. The molecule has 0 aromatic carbocycles. The van der Waals surface area contributed by atoms with E-state index < -0.39 is 5.97 Å². The Labute approximate surface area is 152 Å². The van der Waals surface area contributed by atoms with Gasteiger partial charge in [0.15, 0.2) is 0 Å². The van der Waals surface area contributed by atoms with Crippen LogP contribution in [0.3, 0.4) is 0 Å². The third-order valence-corrected chi connectivity index (χ3v) is 3.92. The number of hydrogen-bond donors (Lipinski definition) is 2. The zero-order chi connectivity index (χ0) is 18.9. The second-order valence-electron chi connectivity index (χ2n) is 6.32. The molecule has 1 saturated heterocycles. The highest BCUT2D eigenvalue weighted by atomic mass is 16.4. The van der Waals surface area contributed by atoms with E-state index in [1.807, 2.05) is 37.3 Å². The first-order valence-electron chi connectivity index (χ1n) is 8.61. The van der Waals surface area contributed by atoms with E-state index in [1.54, 1.807) is 0 Å². The number of ketones is 1. The van der Waals surface area contributed by atoms with Gasteiger partial charge in [-0.05, 0) is 44.2 Å². The maximum Gasteiger partial charge on any atom is 0.300 e. The van der Waals surface area contributed by atoms with Gasteiger partial charge in [0, 0.05) is 37.2 Å². The number of nitrogens with one attached hydrogen (secondary N) is 1. The standard InChI is InChI=1S/C17H20N4O.C2H4O2/c1-12-3-2-4-14(19-12)9-16(22)10-15-5-6-17(21-20-15)13-7-8-18-11-13;1-2(3)4/h2-6,13,18H,7-11H2,1H3;1H3,(H,3,4). The average Bonchev–Trinajstić information content (AvgIpc) is 3.09. The molecule has 1 aliphatic heterocycles. The molecule has 3 rings (SSSR count). The average molecular weight is 356 g/mol. The summed E-state index contributed by atoms with van der Waals surface area (Å²) in [6, 6.07) is 9.65. The first kappa shape index (κ1) is 19.7. The number of carboxylic acids is 1. The van der Waals surface area contributed by atoms with Crippen LogP contribution in [-0.2, 0) is 22.4 Å². The van der Waals surface area contributed by atoms with Gasteiger partial charge in [-0.15, -0.1) is 0 Å². The van der Waals surface area contributed by atoms with Crippen molar-refractivity contribution in [3.8, 4) is 0 Å². The van der Waals surface area contributed by atoms with E-state index in [9.17, 15) is 4.79 Å². The highest BCUT2D eigenvalue weighted by Crippen LogP contribution is 2.19. The number of hydrogen-bond acceptors (Lipinski definition) is 6. The van der Waals surface area contributed by atoms with E-state index in [-0.39, 0.29) is 5.78 Å². The summed E-state index contributed by atoms with van der Waals surface area (Å²) in [6.07, 6.45) is 1.76. The van der Waals surface area contributed by atoms with Gasteiger partial charge in [-0.1, -0.05) is 6.07 Å². The first-order valence-corrected chi connectivity index (χ1v) is 8.61. The SMILES string of the molecule is CC(=O)O.Cc1cccc(CC(=O)Cc2ccc(C3CCNC3)nn2)n1. The van der Waals surface area contributed by atoms with Crippen molar-refractivity contribution < 1.29 is 14.7 Å². The monoisotopic (exact) mass is 356 g/mol. The lowest BCUT2D eigenvalue weighted by Crippen LogP contribution is -2.12. The topological polar surface area (TPSA) is 105 Å². The zero-order valence-corrected chi connectivity index (χ0v) is 15.1. The van der Waals surface area contributed by atoms with Crippen molar-refractivity contribution in [2.45, 2.75) is 39.0 Å². The van der Waals surface area contributed by atoms with Crippen molar-refractivity contribution in [3.05, 3.63) is 53.1 Å². The fourth-order valence-electron chi connectivity index (χ4n) is 2.75. The van der Waals surface area contributed by atoms with Crippen LogP contribution in [0.1, 0.15) is 42.0 Å². The van der Waals surface area contributed by atoms with Gasteiger partial charge < -0.3 is 10.4 Å². The fraction of sp³-hybridized carbons (Fsp3) is 0.421. The summed E-state index contributed by atoms with van der Waals surface area (Å²) in [4.78, 5) is 25.5. The van der Waals surface area contributed by atoms with Gasteiger partial charge in [-0.25, -0.2) is 0 Å². The molecular formula is C19H24N4O3. The summed E-state index contributed by atoms with van der Waals surface area (Å²) in [7, 11) is 0. The van der Waals surface area contributed by atoms with Crippen LogP contribution in [0.2, 0.25) is 0 Å². The number of carboxylic acid groups (broad SMARTS) is 1. The molecule has 2 aromatic heterocycles. The van der Waals surface area contributed by atoms with Gasteiger partial charge in [-0.3, -0.25) is 14.6 Å². The molecule has 138 valence electrons. The van der Waals surface area contributed by atoms with E-state index in [0.717, 1.165) is 49.2 Å². The predicted octanol–water partition coefficient (Wildman–Crippen LogP) is 1.70. The number of aryl methyl sites for hydroxylation is 1. The molecule has 26 heavy (non-hydrogen) atoms. The van der Waals surface area contributed by atoms with Crippen molar-refractivity contribution in [1.82, 2.24) is 20.5 Å². The lowest BCUT2D eigenvalue weighted by Gasteiger charge is -2.07. The van der Waals surface area contributed by atoms with Gasteiger partial charge in [0.05, 0.1) is 17.8 Å². The van der Waals surface area contributed by atoms with Crippen LogP contribution >= 0.6 is 0 Å². The number of aliphatic carboxylic acids is 1. The minimum Gasteiger partial charge on any atom is -0.481 e. The molecule has 2 N–H and O–H groups in total. The van der Waals surface area contributed by atoms with Crippen LogP contribution < -0.4 is 5.32 Å². The molecule has 0 radical (unpaired) electrons. The molecule has 1 unspecified atom stereocenters. The Balaban J connectivity index is 0.000000552. The molecule has 2 aromatic rings. The largest absolute Gasteiger partial charge is 0.481 e. The van der Waals surface area contributed by atoms with E-state index in [0.29, 0.717) is 18.8 Å². The molecular weight excluding hydrogens is 332 g/mol. The van der Waals surface area contributed by atoms with Crippen molar-refractivity contribution in [3.63, 3.8) is 0 Å². The van der Waals surface area contributed by atoms with Gasteiger partial charge in [0.2, 0.25) is 0 Å². The van der Waals surface area contributed by atoms with Crippen LogP contribution in [0.4, 0.5) is 0 Å². The van der Waals surface area contributed by atoms with E-state index in [4.69, 9.17) is 9.90 Å². The normalized spacial score (nSPS) is 15.8. The number of Topliss-reactive ketones (excluding diaryl/α,β-unsaturated/α-hetero) is 1. The molecule has 0 saturated carbocycles. The highest BCUT2D eigenvalue weighted by Gasteiger charge is 2.18. The van der Waals surface area contributed by atoms with Gasteiger partial charge >= 0.3 is 0 Å². The van der Waals surface area contributed by atoms with Crippen LogP contribution in [0.15, 0.2) is 30.3 Å². The Bertz CT molecular complexity index is 737. The Morgan fingerprint density at radius 1 is 1.15 bits per heavy atom. The zero-order valence-electron chi connectivity index (χ0n) is 15.1. The highest BCUT2D eigenvalue weighted by molar-refractivity contribution is 5.82. The Hall–Kier alpha value is -2.67. The maximum atomic E-state index is 12.1. The number of carbonyl (C=O) groups is 2. The van der Waals surface area contributed by atoms with E-state index in [2.05, 4.69) is 20.5 Å². The minimum atomic E-state index is -0.833. The van der Waals surface area contributed by atoms with Crippen LogP contribution in [0.25, 0.3) is 0 Å². The lowest BCUT2D eigenvalue weighted by atomic mass is 10.0. The quantitative estimate of drug-likeness (QED) is 0.840. The number of nitrogens with zero attached hydrogens (tertiary/aromatic N) is 3. The number of rotatable bonds is 5. The summed E-state index contributed by atoms with van der Waals surface area (Å²) >= 11 is 0. The lowest BCUT2D eigenvalue weighted by molar-refractivity contribution is -0.134. The van der Waals surface area contributed by atoms with Crippen molar-refractivity contribution in [2.75, 3.05) is 13.1 Å². The Morgan fingerprint density at radius 2 is 1.88 bits per heavy atom. The molecule has 0 spiro atoms. The molecule has 1 atom stereocenters. The molecule has 0 bridgehead atoms. The van der Waals surface area contributed by atoms with Gasteiger partial charge in [-0.2, -0.15) is 10.2 Å². The van der Waals surface area contributed by atoms with E-state index >= 15 is 0 Å². The van der Waals surface area contributed by atoms with Crippen molar-refractivity contribution in [2.24, 2.45) is 0 Å². The molecule has 1 aliphatic rings. The summed E-state index contributed by atoms with van der Waals surface area (Å²) in [5.41, 5.74) is 3.49. The maximum absolute atomic E-state index is 12.1. The minimum absolute atomic E-state index is 0.114. The molecule has 0 aliphatic carbocycles. The van der Waals surface area contributed by atoms with Gasteiger partial charge in [0.25, 0.3) is 5.97 Å². The van der Waals surface area contributed by atoms with E-state index in [1.165, 1.54) is 0 Å². The Kier molecular flexibility index (Phi) is 7.35. The second-order valence-corrected chi connectivity index (χ2v) is 6.32. The second kappa shape index (κ2) is 9.72. The number of carbonyl (C=O) groups excluding carboxylic acids is 1. The summed E-state index contributed by atoms with van der Waals surface area (Å²) < 4.78 is 0.